The molecular formula is C17H24OSSi. The van der Waals surface area contributed by atoms with E-state index in [0.717, 1.165) is 0 Å². The summed E-state index contributed by atoms with van der Waals surface area (Å²) in [5, 5.41) is 2.34. The molecule has 1 aromatic carbocycles. The lowest BCUT2D eigenvalue weighted by molar-refractivity contribution is 0.225. The van der Waals surface area contributed by atoms with E-state index in [1.165, 1.54) is 10.4 Å². The Labute approximate surface area is 127 Å². The second kappa shape index (κ2) is 5.84. The SMILES string of the molecule is CC(C)(C)[Si](C)(C)O[C@@H](c1ccccc1)c1cccs1. The Morgan fingerprint density at radius 3 is 2.15 bits per heavy atom. The lowest BCUT2D eigenvalue weighted by atomic mass is 10.1. The Bertz CT molecular complexity index is 526. The van der Waals surface area contributed by atoms with E-state index in [1.54, 1.807) is 11.3 Å². The van der Waals surface area contributed by atoms with Crippen molar-refractivity contribution in [3.63, 3.8) is 0 Å². The van der Waals surface area contributed by atoms with Gasteiger partial charge in [0.15, 0.2) is 8.32 Å². The molecule has 0 bridgehead atoms. The quantitative estimate of drug-likeness (QED) is 0.643. The van der Waals surface area contributed by atoms with Crippen molar-refractivity contribution in [1.82, 2.24) is 0 Å². The summed E-state index contributed by atoms with van der Waals surface area (Å²) in [5.74, 6) is 0. The van der Waals surface area contributed by atoms with Crippen LogP contribution in [0.3, 0.4) is 0 Å². The predicted molar refractivity (Wildman–Crippen MR) is 90.9 cm³/mol. The van der Waals surface area contributed by atoms with Crippen molar-refractivity contribution < 1.29 is 4.43 Å². The minimum absolute atomic E-state index is 0.0668. The van der Waals surface area contributed by atoms with Gasteiger partial charge in [-0.2, -0.15) is 0 Å². The average molecular weight is 305 g/mol. The van der Waals surface area contributed by atoms with E-state index in [-0.39, 0.29) is 11.1 Å². The molecule has 1 nitrogen and oxygen atoms in total. The third-order valence-electron chi connectivity index (χ3n) is 4.12. The predicted octanol–water partition coefficient (Wildman–Crippen LogP) is 5.86. The molecule has 0 amide bonds. The van der Waals surface area contributed by atoms with Crippen molar-refractivity contribution in [2.75, 3.05) is 0 Å². The third-order valence-corrected chi connectivity index (χ3v) is 9.48. The van der Waals surface area contributed by atoms with E-state index in [4.69, 9.17) is 4.43 Å². The van der Waals surface area contributed by atoms with Crippen LogP contribution in [0.2, 0.25) is 18.1 Å². The van der Waals surface area contributed by atoms with Crippen molar-refractivity contribution in [3.8, 4) is 0 Å². The van der Waals surface area contributed by atoms with Gasteiger partial charge in [-0.25, -0.2) is 0 Å². The van der Waals surface area contributed by atoms with Crippen molar-refractivity contribution in [2.24, 2.45) is 0 Å². The molecule has 3 heteroatoms. The second-order valence-corrected chi connectivity index (χ2v) is 12.4. The third kappa shape index (κ3) is 3.40. The molecule has 0 fully saturated rings. The molecule has 2 rings (SSSR count). The fraction of sp³-hybridized carbons (Fsp3) is 0.412. The van der Waals surface area contributed by atoms with Gasteiger partial charge in [0.05, 0.1) is 0 Å². The van der Waals surface area contributed by atoms with Crippen LogP contribution in [0.4, 0.5) is 0 Å². The van der Waals surface area contributed by atoms with Gasteiger partial charge in [0.2, 0.25) is 0 Å². The fourth-order valence-electron chi connectivity index (χ4n) is 1.83. The average Bonchev–Trinajstić information content (AvgIpc) is 2.89. The molecule has 2 aromatic rings. The van der Waals surface area contributed by atoms with E-state index < -0.39 is 8.32 Å². The molecule has 1 aromatic heterocycles. The molecule has 0 aliphatic carbocycles. The largest absolute Gasteiger partial charge is 0.405 e. The first-order chi connectivity index (χ1) is 9.31. The fourth-order valence-corrected chi connectivity index (χ4v) is 3.90. The maximum absolute atomic E-state index is 6.68. The normalized spacial score (nSPS) is 14.2. The Balaban J connectivity index is 2.35. The van der Waals surface area contributed by atoms with E-state index in [1.807, 2.05) is 0 Å². The standard InChI is InChI=1S/C17H24OSSi/c1-17(2,3)20(4,5)18-16(15-12-9-13-19-15)14-10-7-6-8-11-14/h6-13,16H,1-5H3/t16-/m0/s1. The molecule has 1 atom stereocenters. The monoisotopic (exact) mass is 304 g/mol. The van der Waals surface area contributed by atoms with Gasteiger partial charge in [0, 0.05) is 4.88 Å². The summed E-state index contributed by atoms with van der Waals surface area (Å²) in [4.78, 5) is 1.29. The maximum Gasteiger partial charge on any atom is 0.193 e. The van der Waals surface area contributed by atoms with Crippen LogP contribution in [0.15, 0.2) is 47.8 Å². The van der Waals surface area contributed by atoms with Crippen LogP contribution in [-0.2, 0) is 4.43 Å². The number of rotatable bonds is 4. The molecule has 0 radical (unpaired) electrons. The lowest BCUT2D eigenvalue weighted by Crippen LogP contribution is -2.41. The van der Waals surface area contributed by atoms with E-state index in [9.17, 15) is 0 Å². The highest BCUT2D eigenvalue weighted by Crippen LogP contribution is 2.42. The van der Waals surface area contributed by atoms with Gasteiger partial charge < -0.3 is 4.43 Å². The summed E-state index contributed by atoms with van der Waals surface area (Å²) in [6, 6.07) is 14.8. The Morgan fingerprint density at radius 1 is 1.00 bits per heavy atom. The minimum atomic E-state index is -1.80. The smallest absolute Gasteiger partial charge is 0.193 e. The molecule has 0 saturated heterocycles. The molecule has 108 valence electrons. The van der Waals surface area contributed by atoms with Gasteiger partial charge in [-0.15, -0.1) is 11.3 Å². The minimum Gasteiger partial charge on any atom is -0.405 e. The van der Waals surface area contributed by atoms with Gasteiger partial charge in [-0.05, 0) is 35.1 Å². The number of benzene rings is 1. The van der Waals surface area contributed by atoms with Crippen molar-refractivity contribution in [2.45, 2.75) is 45.0 Å². The van der Waals surface area contributed by atoms with Gasteiger partial charge >= 0.3 is 0 Å². The molecule has 0 saturated carbocycles. The highest BCUT2D eigenvalue weighted by atomic mass is 32.1. The van der Waals surface area contributed by atoms with Crippen LogP contribution < -0.4 is 0 Å². The second-order valence-electron chi connectivity index (χ2n) is 6.68. The molecule has 0 N–H and O–H groups in total. The van der Waals surface area contributed by atoms with E-state index in [0.29, 0.717) is 0 Å². The molecule has 0 unspecified atom stereocenters. The van der Waals surface area contributed by atoms with Gasteiger partial charge in [-0.1, -0.05) is 57.2 Å². The molecule has 0 spiro atoms. The van der Waals surface area contributed by atoms with Gasteiger partial charge in [0.25, 0.3) is 0 Å². The Hall–Kier alpha value is -0.903. The first-order valence-corrected chi connectivity index (χ1v) is 10.9. The summed E-state index contributed by atoms with van der Waals surface area (Å²) in [5.41, 5.74) is 1.25. The summed E-state index contributed by atoms with van der Waals surface area (Å²) >= 11 is 1.77. The van der Waals surface area contributed by atoms with E-state index >= 15 is 0 Å². The van der Waals surface area contributed by atoms with Crippen LogP contribution in [0.5, 0.6) is 0 Å². The summed E-state index contributed by atoms with van der Waals surface area (Å²) in [6.45, 7) is 11.5. The first-order valence-electron chi connectivity index (χ1n) is 7.07. The Morgan fingerprint density at radius 2 is 1.65 bits per heavy atom. The molecule has 20 heavy (non-hydrogen) atoms. The van der Waals surface area contributed by atoms with Crippen LogP contribution in [0.1, 0.15) is 37.3 Å². The summed E-state index contributed by atoms with van der Waals surface area (Å²) in [6.07, 6.45) is 0.0668. The maximum atomic E-state index is 6.68. The lowest BCUT2D eigenvalue weighted by Gasteiger charge is -2.39. The zero-order valence-corrected chi connectivity index (χ0v) is 14.8. The molecule has 0 aliphatic rings. The van der Waals surface area contributed by atoms with Crippen LogP contribution in [0.25, 0.3) is 0 Å². The molecule has 1 heterocycles. The van der Waals surface area contributed by atoms with Gasteiger partial charge in [0.1, 0.15) is 6.10 Å². The topological polar surface area (TPSA) is 9.23 Å². The highest BCUT2D eigenvalue weighted by Gasteiger charge is 2.39. The van der Waals surface area contributed by atoms with Crippen LogP contribution in [0, 0.1) is 0 Å². The summed E-state index contributed by atoms with van der Waals surface area (Å²) in [7, 11) is -1.80. The van der Waals surface area contributed by atoms with Crippen LogP contribution >= 0.6 is 11.3 Å². The Kier molecular flexibility index (Phi) is 4.52. The van der Waals surface area contributed by atoms with Crippen molar-refractivity contribution >= 4 is 19.7 Å². The zero-order chi connectivity index (χ0) is 14.8. The summed E-state index contributed by atoms with van der Waals surface area (Å²) < 4.78 is 6.68. The first kappa shape index (κ1) is 15.5. The molecular weight excluding hydrogens is 280 g/mol. The number of hydrogen-bond donors (Lipinski definition) is 0. The zero-order valence-electron chi connectivity index (χ0n) is 13.0. The number of hydrogen-bond acceptors (Lipinski definition) is 2. The molecule has 0 aliphatic heterocycles. The van der Waals surface area contributed by atoms with Gasteiger partial charge in [-0.3, -0.25) is 0 Å². The van der Waals surface area contributed by atoms with Crippen LogP contribution in [-0.4, -0.2) is 8.32 Å². The van der Waals surface area contributed by atoms with Crippen molar-refractivity contribution in [3.05, 3.63) is 58.3 Å². The van der Waals surface area contributed by atoms with Crippen molar-refractivity contribution in [1.29, 1.82) is 0 Å². The van der Waals surface area contributed by atoms with E-state index in [2.05, 4.69) is 81.7 Å². The highest BCUT2D eigenvalue weighted by molar-refractivity contribution is 7.10. The number of thiophene rings is 1.